The van der Waals surface area contributed by atoms with E-state index in [1.807, 2.05) is 0 Å². The fraction of sp³-hybridized carbons (Fsp3) is 0.0800. The maximum atomic E-state index is 2.48. The summed E-state index contributed by atoms with van der Waals surface area (Å²) in [5.41, 5.74) is 14.4. The minimum absolute atomic E-state index is 0.0604. The van der Waals surface area contributed by atoms with Gasteiger partial charge >= 0.3 is 0 Å². The van der Waals surface area contributed by atoms with E-state index in [1.54, 1.807) is 0 Å². The Bertz CT molecular complexity index is 2850. The zero-order valence-electron chi connectivity index (χ0n) is 28.6. The standard InChI is InChI=1S/C50H36/c1-31-20-24-44-45(28-31)48(35-23-25-40-39-16-10-11-19-46(39)50(2,3)47(40)30-35)41-17-8-9-18-42(41)49(44)43-27-26-36(37-14-6-7-15-38(37)43)34-22-21-32-12-4-5-13-33(32)29-34/h4-30H,1-3H3. The van der Waals surface area contributed by atoms with Crippen LogP contribution in [0.1, 0.15) is 30.5 Å². The van der Waals surface area contributed by atoms with Crippen LogP contribution in [0.25, 0.3) is 87.6 Å². The first-order valence-corrected chi connectivity index (χ1v) is 17.7. The van der Waals surface area contributed by atoms with Crippen LogP contribution in [0.4, 0.5) is 0 Å². The molecular weight excluding hydrogens is 601 g/mol. The van der Waals surface area contributed by atoms with Gasteiger partial charge in [-0.15, -0.1) is 0 Å². The maximum absolute atomic E-state index is 2.48. The van der Waals surface area contributed by atoms with Gasteiger partial charge < -0.3 is 0 Å². The number of rotatable bonds is 3. The molecule has 0 fully saturated rings. The molecule has 0 saturated carbocycles. The lowest BCUT2D eigenvalue weighted by atomic mass is 9.80. The van der Waals surface area contributed by atoms with Crippen molar-refractivity contribution in [1.29, 1.82) is 0 Å². The third-order valence-corrected chi connectivity index (χ3v) is 11.3. The number of hydrogen-bond acceptors (Lipinski definition) is 0. The Morgan fingerprint density at radius 2 is 0.920 bits per heavy atom. The third kappa shape index (κ3) is 4.18. The summed E-state index contributed by atoms with van der Waals surface area (Å²) in [4.78, 5) is 0. The lowest BCUT2D eigenvalue weighted by Crippen LogP contribution is -2.14. The van der Waals surface area contributed by atoms with Crippen LogP contribution in [0.5, 0.6) is 0 Å². The highest BCUT2D eigenvalue weighted by atomic mass is 14.4. The molecule has 0 heteroatoms. The van der Waals surface area contributed by atoms with Gasteiger partial charge in [-0.05, 0) is 118 Å². The fourth-order valence-electron chi connectivity index (χ4n) is 8.88. The van der Waals surface area contributed by atoms with E-state index in [2.05, 4.69) is 185 Å². The van der Waals surface area contributed by atoms with Crippen molar-refractivity contribution in [2.75, 3.05) is 0 Å². The Labute approximate surface area is 293 Å². The van der Waals surface area contributed by atoms with Crippen LogP contribution in [-0.4, -0.2) is 0 Å². The summed E-state index contributed by atoms with van der Waals surface area (Å²) in [6, 6.07) is 61.3. The highest BCUT2D eigenvalue weighted by molar-refractivity contribution is 6.24. The first-order chi connectivity index (χ1) is 24.5. The van der Waals surface area contributed by atoms with E-state index in [4.69, 9.17) is 0 Å². The van der Waals surface area contributed by atoms with E-state index < -0.39 is 0 Å². The summed E-state index contributed by atoms with van der Waals surface area (Å²) < 4.78 is 0. The fourth-order valence-corrected chi connectivity index (χ4v) is 8.88. The second-order valence-corrected chi connectivity index (χ2v) is 14.5. The predicted molar refractivity (Wildman–Crippen MR) is 215 cm³/mol. The molecular formula is C50H36. The van der Waals surface area contributed by atoms with Gasteiger partial charge in [-0.1, -0.05) is 171 Å². The van der Waals surface area contributed by atoms with Crippen molar-refractivity contribution in [3.05, 3.63) is 180 Å². The average molecular weight is 637 g/mol. The molecule has 0 aromatic heterocycles. The molecule has 0 heterocycles. The monoisotopic (exact) mass is 636 g/mol. The minimum Gasteiger partial charge on any atom is -0.0619 e. The first-order valence-electron chi connectivity index (χ1n) is 17.7. The van der Waals surface area contributed by atoms with Gasteiger partial charge in [0.25, 0.3) is 0 Å². The summed E-state index contributed by atoms with van der Waals surface area (Å²) in [6.45, 7) is 6.96. The lowest BCUT2D eigenvalue weighted by Gasteiger charge is -2.23. The van der Waals surface area contributed by atoms with Crippen LogP contribution < -0.4 is 0 Å². The molecule has 50 heavy (non-hydrogen) atoms. The molecule has 0 amide bonds. The summed E-state index contributed by atoms with van der Waals surface area (Å²) in [5.74, 6) is 0. The van der Waals surface area contributed by atoms with Gasteiger partial charge in [0, 0.05) is 5.41 Å². The quantitative estimate of drug-likeness (QED) is 0.169. The molecule has 0 atom stereocenters. The smallest absolute Gasteiger partial charge is 0.0159 e. The van der Waals surface area contributed by atoms with Gasteiger partial charge in [0.2, 0.25) is 0 Å². The van der Waals surface area contributed by atoms with E-state index >= 15 is 0 Å². The summed E-state index contributed by atoms with van der Waals surface area (Å²) in [7, 11) is 0. The van der Waals surface area contributed by atoms with Crippen molar-refractivity contribution in [2.45, 2.75) is 26.2 Å². The van der Waals surface area contributed by atoms with E-state index in [0.29, 0.717) is 0 Å². The lowest BCUT2D eigenvalue weighted by molar-refractivity contribution is 0.660. The Morgan fingerprint density at radius 3 is 1.74 bits per heavy atom. The van der Waals surface area contributed by atoms with Crippen LogP contribution >= 0.6 is 0 Å². The Morgan fingerprint density at radius 1 is 0.340 bits per heavy atom. The largest absolute Gasteiger partial charge is 0.0619 e. The zero-order valence-corrected chi connectivity index (χ0v) is 28.6. The summed E-state index contributed by atoms with van der Waals surface area (Å²) in [5, 5.41) is 10.2. The van der Waals surface area contributed by atoms with Gasteiger partial charge in [-0.3, -0.25) is 0 Å². The Hall–Kier alpha value is -5.98. The molecule has 0 unspecified atom stereocenters. The van der Waals surface area contributed by atoms with E-state index in [1.165, 1.54) is 104 Å². The van der Waals surface area contributed by atoms with Crippen LogP contribution in [0.15, 0.2) is 164 Å². The summed E-state index contributed by atoms with van der Waals surface area (Å²) in [6.07, 6.45) is 0. The van der Waals surface area contributed by atoms with Crippen molar-refractivity contribution in [3.8, 4) is 44.5 Å². The van der Waals surface area contributed by atoms with Crippen LogP contribution in [0, 0.1) is 6.92 Å². The molecule has 0 radical (unpaired) electrons. The van der Waals surface area contributed by atoms with Gasteiger partial charge in [0.05, 0.1) is 0 Å². The Balaban J connectivity index is 1.24. The van der Waals surface area contributed by atoms with Crippen molar-refractivity contribution in [1.82, 2.24) is 0 Å². The molecule has 9 aromatic carbocycles. The van der Waals surface area contributed by atoms with Crippen LogP contribution in [0.2, 0.25) is 0 Å². The molecule has 1 aliphatic carbocycles. The van der Waals surface area contributed by atoms with E-state index in [0.717, 1.165) is 0 Å². The molecule has 236 valence electrons. The van der Waals surface area contributed by atoms with E-state index in [9.17, 15) is 0 Å². The molecule has 0 saturated heterocycles. The number of benzene rings is 9. The first kappa shape index (κ1) is 29.0. The number of aryl methyl sites for hydroxylation is 1. The van der Waals surface area contributed by atoms with Gasteiger partial charge in [-0.25, -0.2) is 0 Å². The average Bonchev–Trinajstić information content (AvgIpc) is 3.38. The van der Waals surface area contributed by atoms with Crippen molar-refractivity contribution in [2.24, 2.45) is 0 Å². The second kappa shape index (κ2) is 10.8. The Kier molecular flexibility index (Phi) is 6.24. The van der Waals surface area contributed by atoms with Gasteiger partial charge in [0.1, 0.15) is 0 Å². The summed E-state index contributed by atoms with van der Waals surface area (Å²) >= 11 is 0. The van der Waals surface area contributed by atoms with E-state index in [-0.39, 0.29) is 5.41 Å². The van der Waals surface area contributed by atoms with Crippen LogP contribution in [-0.2, 0) is 5.41 Å². The molecule has 0 nitrogen and oxygen atoms in total. The molecule has 9 aromatic rings. The molecule has 0 spiro atoms. The molecule has 10 rings (SSSR count). The SMILES string of the molecule is Cc1ccc2c(-c3ccc(-c4ccc5ccccc5c4)c4ccccc34)c3ccccc3c(-c3ccc4c(c3)C(C)(C)c3ccccc3-4)c2c1. The van der Waals surface area contributed by atoms with Gasteiger partial charge in [-0.2, -0.15) is 0 Å². The van der Waals surface area contributed by atoms with Gasteiger partial charge in [0.15, 0.2) is 0 Å². The number of fused-ring (bicyclic) bond motifs is 7. The van der Waals surface area contributed by atoms with Crippen molar-refractivity contribution < 1.29 is 0 Å². The number of hydrogen-bond donors (Lipinski definition) is 0. The predicted octanol–water partition coefficient (Wildman–Crippen LogP) is 13.9. The second-order valence-electron chi connectivity index (χ2n) is 14.5. The van der Waals surface area contributed by atoms with Crippen molar-refractivity contribution >= 4 is 43.1 Å². The molecule has 0 aliphatic heterocycles. The maximum Gasteiger partial charge on any atom is 0.0159 e. The topological polar surface area (TPSA) is 0 Å². The normalized spacial score (nSPS) is 13.3. The van der Waals surface area contributed by atoms with Crippen LogP contribution in [0.3, 0.4) is 0 Å². The molecule has 0 bridgehead atoms. The minimum atomic E-state index is -0.0604. The molecule has 1 aliphatic rings. The highest BCUT2D eigenvalue weighted by Crippen LogP contribution is 2.52. The molecule has 0 N–H and O–H groups in total. The zero-order chi connectivity index (χ0) is 33.6. The highest BCUT2D eigenvalue weighted by Gasteiger charge is 2.35. The third-order valence-electron chi connectivity index (χ3n) is 11.3. The van der Waals surface area contributed by atoms with Crippen molar-refractivity contribution in [3.63, 3.8) is 0 Å².